The molecule has 2 heteroatoms. The van der Waals surface area contributed by atoms with Gasteiger partial charge in [-0.1, -0.05) is 36.4 Å². The Labute approximate surface area is 119 Å². The average Bonchev–Trinajstić information content (AvgIpc) is 2.92. The van der Waals surface area contributed by atoms with Crippen molar-refractivity contribution in [3.8, 4) is 0 Å². The second kappa shape index (κ2) is 5.37. The second-order valence-electron chi connectivity index (χ2n) is 5.58. The van der Waals surface area contributed by atoms with E-state index in [4.69, 9.17) is 0 Å². The third-order valence-electron chi connectivity index (χ3n) is 4.28. The molecule has 1 atom stereocenters. The SMILES string of the molecule is CNC(c1ccc2c(c1)CCC2)c1cccc(C)c1F. The third-order valence-corrected chi connectivity index (χ3v) is 4.28. The molecule has 104 valence electrons. The van der Waals surface area contributed by atoms with Crippen molar-refractivity contribution in [2.24, 2.45) is 0 Å². The third kappa shape index (κ3) is 2.25. The van der Waals surface area contributed by atoms with Crippen LogP contribution in [-0.2, 0) is 12.8 Å². The molecule has 0 saturated heterocycles. The average molecular weight is 269 g/mol. The van der Waals surface area contributed by atoms with Gasteiger partial charge in [0.25, 0.3) is 0 Å². The highest BCUT2D eigenvalue weighted by atomic mass is 19.1. The molecule has 2 aromatic rings. The smallest absolute Gasteiger partial charge is 0.131 e. The van der Waals surface area contributed by atoms with Gasteiger partial charge in [-0.15, -0.1) is 0 Å². The Hall–Kier alpha value is -1.67. The van der Waals surface area contributed by atoms with Crippen LogP contribution in [0, 0.1) is 12.7 Å². The van der Waals surface area contributed by atoms with E-state index in [1.807, 2.05) is 32.2 Å². The lowest BCUT2D eigenvalue weighted by Crippen LogP contribution is -2.19. The Morgan fingerprint density at radius 3 is 2.70 bits per heavy atom. The van der Waals surface area contributed by atoms with E-state index in [0.29, 0.717) is 5.56 Å². The molecule has 0 heterocycles. The first kappa shape index (κ1) is 13.3. The molecule has 0 spiro atoms. The van der Waals surface area contributed by atoms with Gasteiger partial charge in [0, 0.05) is 5.56 Å². The van der Waals surface area contributed by atoms with Crippen molar-refractivity contribution < 1.29 is 4.39 Å². The largest absolute Gasteiger partial charge is 0.309 e. The van der Waals surface area contributed by atoms with Crippen LogP contribution in [-0.4, -0.2) is 7.05 Å². The number of fused-ring (bicyclic) bond motifs is 1. The number of nitrogens with one attached hydrogen (secondary N) is 1. The molecule has 1 aliphatic rings. The molecule has 0 aromatic heterocycles. The monoisotopic (exact) mass is 269 g/mol. The Balaban J connectivity index is 2.03. The molecular weight excluding hydrogens is 249 g/mol. The minimum Gasteiger partial charge on any atom is -0.309 e. The minimum absolute atomic E-state index is 0.0826. The second-order valence-corrected chi connectivity index (χ2v) is 5.58. The van der Waals surface area contributed by atoms with Crippen molar-refractivity contribution in [2.75, 3.05) is 7.05 Å². The molecule has 0 aliphatic heterocycles. The van der Waals surface area contributed by atoms with Crippen molar-refractivity contribution in [1.29, 1.82) is 0 Å². The van der Waals surface area contributed by atoms with E-state index in [1.165, 1.54) is 24.0 Å². The maximum atomic E-state index is 14.4. The van der Waals surface area contributed by atoms with E-state index in [2.05, 4.69) is 23.5 Å². The molecule has 0 fully saturated rings. The zero-order chi connectivity index (χ0) is 14.1. The van der Waals surface area contributed by atoms with Crippen LogP contribution in [0.2, 0.25) is 0 Å². The van der Waals surface area contributed by atoms with Gasteiger partial charge in [0.2, 0.25) is 0 Å². The fraction of sp³-hybridized carbons (Fsp3) is 0.333. The van der Waals surface area contributed by atoms with Crippen molar-refractivity contribution in [1.82, 2.24) is 5.32 Å². The summed E-state index contributed by atoms with van der Waals surface area (Å²) in [6.45, 7) is 1.81. The lowest BCUT2D eigenvalue weighted by atomic mass is 9.94. The van der Waals surface area contributed by atoms with E-state index in [1.54, 1.807) is 0 Å². The van der Waals surface area contributed by atoms with Gasteiger partial charge in [-0.25, -0.2) is 4.39 Å². The summed E-state index contributed by atoms with van der Waals surface area (Å²) in [7, 11) is 1.89. The van der Waals surface area contributed by atoms with Crippen LogP contribution < -0.4 is 5.32 Å². The van der Waals surface area contributed by atoms with Crippen molar-refractivity contribution in [2.45, 2.75) is 32.2 Å². The summed E-state index contributed by atoms with van der Waals surface area (Å²) >= 11 is 0. The van der Waals surface area contributed by atoms with Gasteiger partial charge >= 0.3 is 0 Å². The standard InChI is InChI=1S/C18H20FN/c1-12-5-3-8-16(17(12)19)18(20-2)15-10-9-13-6-4-7-14(13)11-15/h3,5,8-11,18,20H,4,6-7H2,1-2H3. The first-order chi connectivity index (χ1) is 9.70. The quantitative estimate of drug-likeness (QED) is 0.890. The summed E-state index contributed by atoms with van der Waals surface area (Å²) in [6.07, 6.45) is 3.57. The van der Waals surface area contributed by atoms with Crippen LogP contribution in [0.5, 0.6) is 0 Å². The van der Waals surface area contributed by atoms with Crippen LogP contribution in [0.25, 0.3) is 0 Å². The number of halogens is 1. The van der Waals surface area contributed by atoms with Gasteiger partial charge in [-0.3, -0.25) is 0 Å². The normalized spacial score (nSPS) is 15.2. The summed E-state index contributed by atoms with van der Waals surface area (Å²) in [5, 5.41) is 3.25. The molecule has 20 heavy (non-hydrogen) atoms. The molecule has 2 aromatic carbocycles. The van der Waals surface area contributed by atoms with E-state index >= 15 is 0 Å². The molecule has 0 bridgehead atoms. The molecule has 1 nitrogen and oxygen atoms in total. The lowest BCUT2D eigenvalue weighted by molar-refractivity contribution is 0.569. The predicted octanol–water partition coefficient (Wildman–Crippen LogP) is 3.93. The Bertz CT molecular complexity index is 633. The molecule has 1 N–H and O–H groups in total. The number of rotatable bonds is 3. The summed E-state index contributed by atoms with van der Waals surface area (Å²) in [5.41, 5.74) is 5.45. The van der Waals surface area contributed by atoms with Crippen LogP contribution in [0.4, 0.5) is 4.39 Å². The number of hydrogen-bond donors (Lipinski definition) is 1. The Kier molecular flexibility index (Phi) is 3.58. The fourth-order valence-corrected chi connectivity index (χ4v) is 3.17. The van der Waals surface area contributed by atoms with Gasteiger partial charge in [-0.05, 0) is 55.5 Å². The molecule has 1 aliphatic carbocycles. The van der Waals surface area contributed by atoms with E-state index < -0.39 is 0 Å². The zero-order valence-corrected chi connectivity index (χ0v) is 12.0. The molecule has 1 unspecified atom stereocenters. The molecule has 0 amide bonds. The summed E-state index contributed by atoms with van der Waals surface area (Å²) < 4.78 is 14.4. The van der Waals surface area contributed by atoms with Crippen molar-refractivity contribution in [3.63, 3.8) is 0 Å². The number of benzene rings is 2. The van der Waals surface area contributed by atoms with Gasteiger partial charge in [0.15, 0.2) is 0 Å². The highest BCUT2D eigenvalue weighted by molar-refractivity contribution is 5.41. The van der Waals surface area contributed by atoms with E-state index in [-0.39, 0.29) is 11.9 Å². The lowest BCUT2D eigenvalue weighted by Gasteiger charge is -2.19. The summed E-state index contributed by atoms with van der Waals surface area (Å²) in [6, 6.07) is 12.1. The first-order valence-corrected chi connectivity index (χ1v) is 7.24. The van der Waals surface area contributed by atoms with Gasteiger partial charge in [0.05, 0.1) is 6.04 Å². The highest BCUT2D eigenvalue weighted by Gasteiger charge is 2.19. The topological polar surface area (TPSA) is 12.0 Å². The van der Waals surface area contributed by atoms with Crippen molar-refractivity contribution >= 4 is 0 Å². The van der Waals surface area contributed by atoms with Crippen LogP contribution in [0.15, 0.2) is 36.4 Å². The van der Waals surface area contributed by atoms with E-state index in [0.717, 1.165) is 17.5 Å². The molecular formula is C18H20FN. The van der Waals surface area contributed by atoms with Crippen LogP contribution in [0.3, 0.4) is 0 Å². The zero-order valence-electron chi connectivity index (χ0n) is 12.0. The number of aryl methyl sites for hydroxylation is 3. The summed E-state index contributed by atoms with van der Waals surface area (Å²) in [4.78, 5) is 0. The maximum absolute atomic E-state index is 14.4. The van der Waals surface area contributed by atoms with Crippen molar-refractivity contribution in [3.05, 3.63) is 70.0 Å². The Morgan fingerprint density at radius 2 is 1.90 bits per heavy atom. The van der Waals surface area contributed by atoms with Crippen LogP contribution >= 0.6 is 0 Å². The number of hydrogen-bond acceptors (Lipinski definition) is 1. The Morgan fingerprint density at radius 1 is 1.10 bits per heavy atom. The highest BCUT2D eigenvalue weighted by Crippen LogP contribution is 2.30. The maximum Gasteiger partial charge on any atom is 0.131 e. The van der Waals surface area contributed by atoms with Gasteiger partial charge in [-0.2, -0.15) is 0 Å². The molecule has 0 saturated carbocycles. The predicted molar refractivity (Wildman–Crippen MR) is 80.5 cm³/mol. The minimum atomic E-state index is -0.104. The molecule has 3 rings (SSSR count). The van der Waals surface area contributed by atoms with Gasteiger partial charge < -0.3 is 5.32 Å². The van der Waals surface area contributed by atoms with Gasteiger partial charge in [0.1, 0.15) is 5.82 Å². The molecule has 0 radical (unpaired) electrons. The fourth-order valence-electron chi connectivity index (χ4n) is 3.17. The van der Waals surface area contributed by atoms with Crippen LogP contribution in [0.1, 0.15) is 40.3 Å². The summed E-state index contributed by atoms with van der Waals surface area (Å²) in [5.74, 6) is -0.104. The first-order valence-electron chi connectivity index (χ1n) is 7.24. The van der Waals surface area contributed by atoms with E-state index in [9.17, 15) is 4.39 Å².